The first-order chi connectivity index (χ1) is 17.6. The molecule has 190 valence electrons. The molecule has 0 aliphatic carbocycles. The van der Waals surface area contributed by atoms with Crippen molar-refractivity contribution in [2.75, 3.05) is 6.61 Å². The number of rotatable bonds is 6. The van der Waals surface area contributed by atoms with Crippen molar-refractivity contribution in [1.29, 1.82) is 0 Å². The van der Waals surface area contributed by atoms with Crippen LogP contribution in [0.25, 0.3) is 32.7 Å². The molecule has 0 aliphatic heterocycles. The molecule has 0 saturated carbocycles. The molecule has 0 saturated heterocycles. The van der Waals surface area contributed by atoms with Crippen LogP contribution in [-0.2, 0) is 4.43 Å². The van der Waals surface area contributed by atoms with Gasteiger partial charge in [0.05, 0.1) is 4.88 Å². The maximum absolute atomic E-state index is 13.8. The first kappa shape index (κ1) is 26.9. The van der Waals surface area contributed by atoms with Gasteiger partial charge in [-0.3, -0.25) is 4.98 Å². The third-order valence-electron chi connectivity index (χ3n) is 6.81. The molecule has 4 aromatic rings. The smallest absolute Gasteiger partial charge is 0.192 e. The third-order valence-corrected chi connectivity index (χ3v) is 12.5. The van der Waals surface area contributed by atoms with Crippen molar-refractivity contribution in [3.05, 3.63) is 89.6 Å². The van der Waals surface area contributed by atoms with E-state index in [-0.39, 0.29) is 16.7 Å². The number of halogens is 2. The maximum atomic E-state index is 13.8. The fourth-order valence-electron chi connectivity index (χ4n) is 3.73. The van der Waals surface area contributed by atoms with Crippen LogP contribution < -0.4 is 0 Å². The Morgan fingerprint density at radius 3 is 1.92 bits per heavy atom. The summed E-state index contributed by atoms with van der Waals surface area (Å²) in [6.07, 6.45) is 4.11. The highest BCUT2D eigenvalue weighted by Crippen LogP contribution is 2.47. The molecule has 2 aromatic carbocycles. The minimum Gasteiger partial charge on any atom is -0.416 e. The molecule has 0 spiro atoms. The van der Waals surface area contributed by atoms with E-state index in [1.165, 1.54) is 24.3 Å². The molecule has 6 heteroatoms. The van der Waals surface area contributed by atoms with Gasteiger partial charge in [-0.05, 0) is 71.2 Å². The molecule has 0 atom stereocenters. The summed E-state index contributed by atoms with van der Waals surface area (Å²) in [4.78, 5) is 6.04. The van der Waals surface area contributed by atoms with Crippen LogP contribution in [0.2, 0.25) is 18.1 Å². The van der Waals surface area contributed by atoms with Crippen molar-refractivity contribution in [1.82, 2.24) is 4.98 Å². The Morgan fingerprint density at radius 2 is 1.35 bits per heavy atom. The average molecular weight is 532 g/mol. The summed E-state index contributed by atoms with van der Waals surface area (Å²) in [6.45, 7) is 11.7. The average Bonchev–Trinajstić information content (AvgIpc) is 3.24. The van der Waals surface area contributed by atoms with Gasteiger partial charge in [0.2, 0.25) is 0 Å². The molecule has 0 N–H and O–H groups in total. The van der Waals surface area contributed by atoms with Crippen LogP contribution in [0.15, 0.2) is 73.1 Å². The quantitative estimate of drug-likeness (QED) is 0.141. The molecule has 0 bridgehead atoms. The molecule has 2 heterocycles. The van der Waals surface area contributed by atoms with Gasteiger partial charge < -0.3 is 4.43 Å². The van der Waals surface area contributed by atoms with Crippen LogP contribution in [0.4, 0.5) is 8.78 Å². The lowest BCUT2D eigenvalue weighted by Gasteiger charge is -2.35. The molecule has 37 heavy (non-hydrogen) atoms. The lowest BCUT2D eigenvalue weighted by atomic mass is 9.93. The number of aromatic nitrogens is 1. The Hall–Kier alpha value is -3.11. The highest BCUT2D eigenvalue weighted by atomic mass is 32.1. The molecule has 0 radical (unpaired) electrons. The Morgan fingerprint density at radius 1 is 0.811 bits per heavy atom. The van der Waals surface area contributed by atoms with Gasteiger partial charge in [-0.2, -0.15) is 0 Å². The van der Waals surface area contributed by atoms with Crippen LogP contribution in [0, 0.1) is 23.5 Å². The summed E-state index contributed by atoms with van der Waals surface area (Å²) >= 11 is 1.56. The van der Waals surface area contributed by atoms with E-state index in [1.807, 2.05) is 12.1 Å². The fraction of sp³-hybridized carbons (Fsp3) is 0.258. The Balaban J connectivity index is 1.80. The Labute approximate surface area is 223 Å². The molecular weight excluding hydrogens is 500 g/mol. The Kier molecular flexibility index (Phi) is 8.08. The zero-order valence-corrected chi connectivity index (χ0v) is 23.7. The second kappa shape index (κ2) is 11.1. The number of hydrogen-bond acceptors (Lipinski definition) is 3. The fourth-order valence-corrected chi connectivity index (χ4v) is 6.00. The number of hydrogen-bond donors (Lipinski definition) is 0. The minimum absolute atomic E-state index is 0.146. The highest BCUT2D eigenvalue weighted by Gasteiger charge is 2.36. The molecule has 2 nitrogen and oxygen atoms in total. The van der Waals surface area contributed by atoms with Crippen molar-refractivity contribution in [3.63, 3.8) is 0 Å². The summed E-state index contributed by atoms with van der Waals surface area (Å²) in [6, 6.07) is 16.9. The molecule has 0 unspecified atom stereocenters. The van der Waals surface area contributed by atoms with E-state index >= 15 is 0 Å². The normalized spacial score (nSPS) is 11.8. The van der Waals surface area contributed by atoms with Crippen molar-refractivity contribution in [3.8, 4) is 44.5 Å². The second-order valence-corrected chi connectivity index (χ2v) is 16.3. The van der Waals surface area contributed by atoms with Crippen LogP contribution in [0.3, 0.4) is 0 Å². The maximum Gasteiger partial charge on any atom is 0.192 e. The highest BCUT2D eigenvalue weighted by molar-refractivity contribution is 7.17. The van der Waals surface area contributed by atoms with E-state index in [2.05, 4.69) is 50.7 Å². The lowest BCUT2D eigenvalue weighted by molar-refractivity contribution is 0.296. The van der Waals surface area contributed by atoms with Crippen LogP contribution in [0.1, 0.15) is 32.1 Å². The van der Waals surface area contributed by atoms with Gasteiger partial charge in [0.1, 0.15) is 11.6 Å². The van der Waals surface area contributed by atoms with Crippen LogP contribution in [-0.4, -0.2) is 19.9 Å². The van der Waals surface area contributed by atoms with E-state index in [4.69, 9.17) is 4.43 Å². The monoisotopic (exact) mass is 531 g/mol. The summed E-state index contributed by atoms with van der Waals surface area (Å²) in [5.74, 6) is 6.12. The molecule has 0 aliphatic rings. The largest absolute Gasteiger partial charge is 0.416 e. The van der Waals surface area contributed by atoms with E-state index in [0.29, 0.717) is 13.0 Å². The second-order valence-electron chi connectivity index (χ2n) is 10.4. The number of benzene rings is 2. The number of pyridine rings is 1. The summed E-state index contributed by atoms with van der Waals surface area (Å²) in [5, 5.41) is 0.146. The lowest BCUT2D eigenvalue weighted by Crippen LogP contribution is -2.40. The standard InChI is InChI=1S/C31H31F2NOSSi/c1-31(2,3)37(4,5)35-21-7-6-8-27-28(22-9-13-25(32)14-10-22)29(23-17-19-34-20-18-23)30(36-27)24-11-15-26(33)16-12-24/h9-20H,7,21H2,1-5H3. The van der Waals surface area contributed by atoms with E-state index in [0.717, 1.165) is 37.6 Å². The number of thiophene rings is 1. The van der Waals surface area contributed by atoms with Crippen LogP contribution in [0.5, 0.6) is 0 Å². The zero-order valence-electron chi connectivity index (χ0n) is 21.9. The van der Waals surface area contributed by atoms with Gasteiger partial charge in [-0.15, -0.1) is 11.3 Å². The predicted molar refractivity (Wildman–Crippen MR) is 153 cm³/mol. The van der Waals surface area contributed by atoms with Gasteiger partial charge in [-0.1, -0.05) is 56.9 Å². The first-order valence-electron chi connectivity index (χ1n) is 12.3. The first-order valence-corrected chi connectivity index (χ1v) is 16.0. The summed E-state index contributed by atoms with van der Waals surface area (Å²) in [5.41, 5.74) is 4.66. The SMILES string of the molecule is CC(C)(C)[Si](C)(C)OCCC#Cc1sc(-c2ccc(F)cc2)c(-c2ccncc2)c1-c1ccc(F)cc1. The zero-order chi connectivity index (χ0) is 26.6. The molecule has 4 rings (SSSR count). The third kappa shape index (κ3) is 6.24. The van der Waals surface area contributed by atoms with Gasteiger partial charge >= 0.3 is 0 Å². The van der Waals surface area contributed by atoms with Gasteiger partial charge in [0.25, 0.3) is 0 Å². The number of nitrogens with zero attached hydrogens (tertiary/aromatic N) is 1. The molecule has 0 amide bonds. The van der Waals surface area contributed by atoms with E-state index in [1.54, 1.807) is 48.0 Å². The Bertz CT molecular complexity index is 1410. The molecule has 0 fully saturated rings. The predicted octanol–water partition coefficient (Wildman–Crippen LogP) is 9.19. The molecule has 2 aromatic heterocycles. The van der Waals surface area contributed by atoms with Crippen molar-refractivity contribution >= 4 is 19.7 Å². The van der Waals surface area contributed by atoms with Gasteiger partial charge in [-0.25, -0.2) is 8.78 Å². The van der Waals surface area contributed by atoms with Gasteiger partial charge in [0.15, 0.2) is 8.32 Å². The van der Waals surface area contributed by atoms with Crippen molar-refractivity contribution in [2.24, 2.45) is 0 Å². The van der Waals surface area contributed by atoms with Crippen molar-refractivity contribution in [2.45, 2.75) is 45.3 Å². The topological polar surface area (TPSA) is 22.1 Å². The van der Waals surface area contributed by atoms with Crippen LogP contribution >= 0.6 is 11.3 Å². The molecular formula is C31H31F2NOSSi. The van der Waals surface area contributed by atoms with E-state index < -0.39 is 8.32 Å². The van der Waals surface area contributed by atoms with Gasteiger partial charge in [0, 0.05) is 41.4 Å². The minimum atomic E-state index is -1.84. The summed E-state index contributed by atoms with van der Waals surface area (Å²) in [7, 11) is -1.84. The summed E-state index contributed by atoms with van der Waals surface area (Å²) < 4.78 is 33.9. The van der Waals surface area contributed by atoms with Crippen molar-refractivity contribution < 1.29 is 13.2 Å². The van der Waals surface area contributed by atoms with E-state index in [9.17, 15) is 8.78 Å².